The third-order valence-corrected chi connectivity index (χ3v) is 2.69. The number of hydrogen-bond acceptors (Lipinski definition) is 3. The van der Waals surface area contributed by atoms with Gasteiger partial charge in [0.2, 0.25) is 0 Å². The number of hydrogen-bond donors (Lipinski definition) is 0. The van der Waals surface area contributed by atoms with Crippen LogP contribution in [0.25, 0.3) is 0 Å². The lowest BCUT2D eigenvalue weighted by atomic mass is 10.2. The van der Waals surface area contributed by atoms with Crippen molar-refractivity contribution in [2.45, 2.75) is 13.3 Å². The summed E-state index contributed by atoms with van der Waals surface area (Å²) in [5.41, 5.74) is 1.76. The number of ketones is 1. The second kappa shape index (κ2) is 5.49. The van der Waals surface area contributed by atoms with Gasteiger partial charge in [-0.15, -0.1) is 0 Å². The predicted molar refractivity (Wildman–Crippen MR) is 68.8 cm³/mol. The van der Waals surface area contributed by atoms with Crippen molar-refractivity contribution in [1.82, 2.24) is 9.78 Å². The van der Waals surface area contributed by atoms with Crippen LogP contribution in [0.1, 0.15) is 22.5 Å². The van der Waals surface area contributed by atoms with Gasteiger partial charge in [0, 0.05) is 19.7 Å². The van der Waals surface area contributed by atoms with E-state index in [-0.39, 0.29) is 5.78 Å². The van der Waals surface area contributed by atoms with E-state index in [0.29, 0.717) is 18.7 Å². The molecule has 2 aromatic rings. The van der Waals surface area contributed by atoms with E-state index in [1.165, 1.54) is 0 Å². The third-order valence-electron chi connectivity index (χ3n) is 2.69. The van der Waals surface area contributed by atoms with Gasteiger partial charge in [-0.25, -0.2) is 0 Å². The number of rotatable bonds is 5. The Labute approximate surface area is 106 Å². The monoisotopic (exact) mass is 244 g/mol. The summed E-state index contributed by atoms with van der Waals surface area (Å²) in [6, 6.07) is 9.51. The van der Waals surface area contributed by atoms with Crippen LogP contribution in [0.15, 0.2) is 36.5 Å². The van der Waals surface area contributed by atoms with E-state index in [1.54, 1.807) is 24.0 Å². The molecule has 0 atom stereocenters. The molecule has 1 aromatic heterocycles. The molecule has 0 aliphatic carbocycles. The Balaban J connectivity index is 1.86. The molecule has 0 N–H and O–H groups in total. The zero-order chi connectivity index (χ0) is 13.0. The van der Waals surface area contributed by atoms with Gasteiger partial charge in [-0.3, -0.25) is 9.48 Å². The second-order valence-electron chi connectivity index (χ2n) is 4.18. The maximum absolute atomic E-state index is 11.8. The summed E-state index contributed by atoms with van der Waals surface area (Å²) >= 11 is 0. The molecule has 0 aliphatic rings. The molecule has 1 heterocycles. The summed E-state index contributed by atoms with van der Waals surface area (Å²) < 4.78 is 7.12. The van der Waals surface area contributed by atoms with Crippen molar-refractivity contribution in [3.8, 4) is 5.75 Å². The quantitative estimate of drug-likeness (QED) is 0.758. The van der Waals surface area contributed by atoms with Gasteiger partial charge in [0.25, 0.3) is 0 Å². The number of benzene rings is 1. The van der Waals surface area contributed by atoms with Crippen molar-refractivity contribution >= 4 is 5.78 Å². The van der Waals surface area contributed by atoms with Gasteiger partial charge in [-0.05, 0) is 30.7 Å². The fourth-order valence-corrected chi connectivity index (χ4v) is 1.74. The first kappa shape index (κ1) is 12.4. The van der Waals surface area contributed by atoms with Gasteiger partial charge < -0.3 is 4.74 Å². The van der Waals surface area contributed by atoms with E-state index in [0.717, 1.165) is 11.3 Å². The summed E-state index contributed by atoms with van der Waals surface area (Å²) in [5.74, 6) is 0.843. The average molecular weight is 244 g/mol. The summed E-state index contributed by atoms with van der Waals surface area (Å²) in [7, 11) is 1.76. The van der Waals surface area contributed by atoms with Crippen LogP contribution in [0.4, 0.5) is 0 Å². The average Bonchev–Trinajstić information content (AvgIpc) is 2.75. The van der Waals surface area contributed by atoms with E-state index in [9.17, 15) is 4.79 Å². The minimum Gasteiger partial charge on any atom is -0.493 e. The third kappa shape index (κ3) is 2.97. The fraction of sp³-hybridized carbons (Fsp3) is 0.286. The molecule has 0 fully saturated rings. The smallest absolute Gasteiger partial charge is 0.184 e. The maximum atomic E-state index is 11.8. The standard InChI is InChI=1S/C14H16N2O2/c1-11-4-3-5-12(10-11)18-9-7-14(17)13-6-8-15-16(13)2/h3-6,8,10H,7,9H2,1-2H3. The number of aromatic nitrogens is 2. The number of carbonyl (C=O) groups is 1. The molecule has 4 heteroatoms. The zero-order valence-corrected chi connectivity index (χ0v) is 10.6. The van der Waals surface area contributed by atoms with E-state index >= 15 is 0 Å². The van der Waals surface area contributed by atoms with Gasteiger partial charge in [0.05, 0.1) is 6.61 Å². The lowest BCUT2D eigenvalue weighted by molar-refractivity contribution is 0.0953. The molecule has 0 saturated carbocycles. The molecule has 0 amide bonds. The van der Waals surface area contributed by atoms with Crippen molar-refractivity contribution in [3.05, 3.63) is 47.8 Å². The van der Waals surface area contributed by atoms with Crippen LogP contribution in [0.2, 0.25) is 0 Å². The maximum Gasteiger partial charge on any atom is 0.184 e. The van der Waals surface area contributed by atoms with Gasteiger partial charge in [-0.1, -0.05) is 12.1 Å². The van der Waals surface area contributed by atoms with Crippen molar-refractivity contribution in [3.63, 3.8) is 0 Å². The Morgan fingerprint density at radius 2 is 2.22 bits per heavy atom. The van der Waals surface area contributed by atoms with Gasteiger partial charge in [0.1, 0.15) is 11.4 Å². The van der Waals surface area contributed by atoms with Crippen molar-refractivity contribution in [2.24, 2.45) is 7.05 Å². The summed E-state index contributed by atoms with van der Waals surface area (Å²) in [6.45, 7) is 2.39. The molecule has 18 heavy (non-hydrogen) atoms. The summed E-state index contributed by atoms with van der Waals surface area (Å²) in [5, 5.41) is 3.97. The number of nitrogens with zero attached hydrogens (tertiary/aromatic N) is 2. The highest BCUT2D eigenvalue weighted by molar-refractivity contribution is 5.94. The molecule has 0 unspecified atom stereocenters. The van der Waals surface area contributed by atoms with E-state index in [2.05, 4.69) is 5.10 Å². The van der Waals surface area contributed by atoms with Gasteiger partial charge in [-0.2, -0.15) is 5.10 Å². The SMILES string of the molecule is Cc1cccc(OCCC(=O)c2ccnn2C)c1. The second-order valence-corrected chi connectivity index (χ2v) is 4.18. The Morgan fingerprint density at radius 3 is 2.89 bits per heavy atom. The van der Waals surface area contributed by atoms with Crippen LogP contribution in [0.3, 0.4) is 0 Å². The van der Waals surface area contributed by atoms with Gasteiger partial charge in [0.15, 0.2) is 5.78 Å². The van der Waals surface area contributed by atoms with Crippen LogP contribution in [0.5, 0.6) is 5.75 Å². The first-order valence-corrected chi connectivity index (χ1v) is 5.87. The number of carbonyl (C=O) groups excluding carboxylic acids is 1. The molecule has 0 radical (unpaired) electrons. The predicted octanol–water partition coefficient (Wildman–Crippen LogP) is 2.38. The number of ether oxygens (including phenoxy) is 1. The molecule has 2 rings (SSSR count). The van der Waals surface area contributed by atoms with Crippen molar-refractivity contribution in [1.29, 1.82) is 0 Å². The summed E-state index contributed by atoms with van der Waals surface area (Å²) in [4.78, 5) is 11.8. The number of Topliss-reactive ketones (excluding diaryl/α,β-unsaturated/α-hetero) is 1. The summed E-state index contributed by atoms with van der Waals surface area (Å²) in [6.07, 6.45) is 1.97. The first-order chi connectivity index (χ1) is 8.66. The largest absolute Gasteiger partial charge is 0.493 e. The van der Waals surface area contributed by atoms with Gasteiger partial charge >= 0.3 is 0 Å². The molecule has 0 spiro atoms. The van der Waals surface area contributed by atoms with E-state index in [4.69, 9.17) is 4.74 Å². The van der Waals surface area contributed by atoms with Crippen LogP contribution in [0, 0.1) is 6.92 Å². The molecule has 0 saturated heterocycles. The molecule has 0 aliphatic heterocycles. The molecule has 4 nitrogen and oxygen atoms in total. The highest BCUT2D eigenvalue weighted by atomic mass is 16.5. The fourth-order valence-electron chi connectivity index (χ4n) is 1.74. The minimum absolute atomic E-state index is 0.0441. The Bertz CT molecular complexity index is 546. The van der Waals surface area contributed by atoms with Crippen LogP contribution >= 0.6 is 0 Å². The zero-order valence-electron chi connectivity index (χ0n) is 10.6. The van der Waals surface area contributed by atoms with Crippen LogP contribution < -0.4 is 4.74 Å². The lowest BCUT2D eigenvalue weighted by Gasteiger charge is -2.06. The minimum atomic E-state index is 0.0441. The topological polar surface area (TPSA) is 44.1 Å². The van der Waals surface area contributed by atoms with Crippen LogP contribution in [-0.4, -0.2) is 22.2 Å². The normalized spacial score (nSPS) is 10.3. The van der Waals surface area contributed by atoms with Crippen LogP contribution in [-0.2, 0) is 7.05 Å². The Hall–Kier alpha value is -2.10. The molecular formula is C14H16N2O2. The van der Waals surface area contributed by atoms with Crippen molar-refractivity contribution < 1.29 is 9.53 Å². The first-order valence-electron chi connectivity index (χ1n) is 5.87. The Kier molecular flexibility index (Phi) is 3.77. The lowest BCUT2D eigenvalue weighted by Crippen LogP contribution is -2.11. The molecular weight excluding hydrogens is 228 g/mol. The highest BCUT2D eigenvalue weighted by Gasteiger charge is 2.09. The Morgan fingerprint density at radius 1 is 1.39 bits per heavy atom. The highest BCUT2D eigenvalue weighted by Crippen LogP contribution is 2.13. The van der Waals surface area contributed by atoms with Crippen molar-refractivity contribution in [2.75, 3.05) is 6.61 Å². The molecule has 1 aromatic carbocycles. The molecule has 0 bridgehead atoms. The van der Waals surface area contributed by atoms with E-state index in [1.807, 2.05) is 31.2 Å². The number of aryl methyl sites for hydroxylation is 2. The molecule has 94 valence electrons. The van der Waals surface area contributed by atoms with E-state index < -0.39 is 0 Å².